The monoisotopic (exact) mass is 418 g/mol. The van der Waals surface area contributed by atoms with Crippen LogP contribution in [0.4, 0.5) is 0 Å². The van der Waals surface area contributed by atoms with Crippen LogP contribution in [0.5, 0.6) is 5.75 Å². The summed E-state index contributed by atoms with van der Waals surface area (Å²) < 4.78 is 7.83. The summed E-state index contributed by atoms with van der Waals surface area (Å²) in [5.74, 6) is -0.574. The quantitative estimate of drug-likeness (QED) is 0.608. The lowest BCUT2D eigenvalue weighted by Crippen LogP contribution is -2.19. The summed E-state index contributed by atoms with van der Waals surface area (Å²) in [7, 11) is 0. The van der Waals surface area contributed by atoms with Gasteiger partial charge in [-0.25, -0.2) is 4.79 Å². The Morgan fingerprint density at radius 2 is 1.87 bits per heavy atom. The molecule has 1 saturated carbocycles. The highest BCUT2D eigenvalue weighted by Crippen LogP contribution is 2.44. The molecule has 1 amide bonds. The number of carbonyl (C=O) groups is 2. The van der Waals surface area contributed by atoms with Gasteiger partial charge in [-0.3, -0.25) is 4.79 Å². The van der Waals surface area contributed by atoms with Crippen LogP contribution in [0.25, 0.3) is 10.9 Å². The van der Waals surface area contributed by atoms with Crippen molar-refractivity contribution in [2.24, 2.45) is 5.73 Å². The van der Waals surface area contributed by atoms with E-state index in [2.05, 4.69) is 28.8 Å². The Bertz CT molecular complexity index is 1160. The number of carbonyl (C=O) groups excluding carboxylic acids is 1. The number of carboxylic acids is 1. The third kappa shape index (κ3) is 3.46. The lowest BCUT2D eigenvalue weighted by atomic mass is 9.80. The Balaban J connectivity index is 1.57. The molecule has 5 rings (SSSR count). The van der Waals surface area contributed by atoms with Gasteiger partial charge in [0, 0.05) is 17.6 Å². The molecule has 31 heavy (non-hydrogen) atoms. The van der Waals surface area contributed by atoms with Gasteiger partial charge in [0.25, 0.3) is 0 Å². The Kier molecular flexibility index (Phi) is 4.93. The zero-order valence-corrected chi connectivity index (χ0v) is 17.3. The molecule has 1 unspecified atom stereocenters. The average Bonchev–Trinajstić information content (AvgIpc) is 3.26. The van der Waals surface area contributed by atoms with E-state index in [1.54, 1.807) is 6.07 Å². The first-order valence-corrected chi connectivity index (χ1v) is 10.9. The zero-order valence-electron chi connectivity index (χ0n) is 17.3. The molecule has 1 heterocycles. The van der Waals surface area contributed by atoms with Crippen molar-refractivity contribution in [1.29, 1.82) is 0 Å². The fourth-order valence-corrected chi connectivity index (χ4v) is 5.06. The van der Waals surface area contributed by atoms with Crippen LogP contribution in [0.1, 0.15) is 59.9 Å². The number of benzene rings is 2. The van der Waals surface area contributed by atoms with Crippen LogP contribution in [-0.4, -0.2) is 28.2 Å². The summed E-state index contributed by atoms with van der Waals surface area (Å²) in [5, 5.41) is 9.87. The summed E-state index contributed by atoms with van der Waals surface area (Å²) in [5.41, 5.74) is 11.3. The molecule has 6 nitrogen and oxygen atoms in total. The van der Waals surface area contributed by atoms with Crippen LogP contribution in [0.2, 0.25) is 0 Å². The number of carboxylic acid groups (broad SMARTS) is 1. The minimum Gasteiger partial charge on any atom is -0.481 e. The standard InChI is InChI=1S/C25H26N2O4/c26-25(30)18-11-12-20-23(18)24-19(5-2-6-21(24)31-14-22(28)29)27(20)13-15-7-9-17(10-8-15)16-3-1-4-16/h2,5-10,16,18H,1,3-4,11-14H2,(H2,26,30)(H,28,29). The Labute approximate surface area is 180 Å². The predicted octanol–water partition coefficient (Wildman–Crippen LogP) is 3.94. The van der Waals surface area contributed by atoms with Crippen molar-refractivity contribution in [3.63, 3.8) is 0 Å². The third-order valence-electron chi connectivity index (χ3n) is 6.81. The van der Waals surface area contributed by atoms with E-state index >= 15 is 0 Å². The van der Waals surface area contributed by atoms with Crippen molar-refractivity contribution in [3.8, 4) is 5.75 Å². The van der Waals surface area contributed by atoms with E-state index in [1.807, 2.05) is 12.1 Å². The molecule has 0 spiro atoms. The van der Waals surface area contributed by atoms with E-state index in [0.29, 0.717) is 24.6 Å². The largest absolute Gasteiger partial charge is 0.481 e. The smallest absolute Gasteiger partial charge is 0.341 e. The highest BCUT2D eigenvalue weighted by atomic mass is 16.5. The number of amides is 1. The van der Waals surface area contributed by atoms with Crippen LogP contribution < -0.4 is 10.5 Å². The van der Waals surface area contributed by atoms with Crippen molar-refractivity contribution in [3.05, 3.63) is 64.8 Å². The van der Waals surface area contributed by atoms with Crippen molar-refractivity contribution in [2.45, 2.75) is 50.5 Å². The minimum absolute atomic E-state index is 0.351. The number of hydrogen-bond acceptors (Lipinski definition) is 3. The predicted molar refractivity (Wildman–Crippen MR) is 117 cm³/mol. The summed E-state index contributed by atoms with van der Waals surface area (Å²) in [6, 6.07) is 14.5. The van der Waals surface area contributed by atoms with Gasteiger partial charge in [0.15, 0.2) is 6.61 Å². The van der Waals surface area contributed by atoms with Crippen LogP contribution in [0, 0.1) is 0 Å². The maximum atomic E-state index is 12.2. The average molecular weight is 418 g/mol. The van der Waals surface area contributed by atoms with Crippen LogP contribution in [0.15, 0.2) is 42.5 Å². The summed E-state index contributed by atoms with van der Waals surface area (Å²) in [4.78, 5) is 23.2. The number of fused-ring (bicyclic) bond motifs is 3. The van der Waals surface area contributed by atoms with Gasteiger partial charge in [-0.05, 0) is 60.4 Å². The van der Waals surface area contributed by atoms with Gasteiger partial charge in [-0.15, -0.1) is 0 Å². The van der Waals surface area contributed by atoms with Crippen LogP contribution >= 0.6 is 0 Å². The second kappa shape index (κ2) is 7.76. The van der Waals surface area contributed by atoms with Crippen molar-refractivity contribution in [2.75, 3.05) is 6.61 Å². The first kappa shape index (κ1) is 19.7. The molecule has 6 heteroatoms. The van der Waals surface area contributed by atoms with Crippen molar-refractivity contribution < 1.29 is 19.4 Å². The molecule has 3 N–H and O–H groups in total. The van der Waals surface area contributed by atoms with Crippen LogP contribution in [-0.2, 0) is 22.6 Å². The molecule has 3 aromatic rings. The van der Waals surface area contributed by atoms with Gasteiger partial charge in [0.2, 0.25) is 5.91 Å². The molecule has 0 aliphatic heterocycles. The topological polar surface area (TPSA) is 94.6 Å². The molecule has 160 valence electrons. The number of hydrogen-bond donors (Lipinski definition) is 2. The molecule has 0 saturated heterocycles. The Morgan fingerprint density at radius 3 is 2.52 bits per heavy atom. The van der Waals surface area contributed by atoms with E-state index in [-0.39, 0.29) is 11.8 Å². The lowest BCUT2D eigenvalue weighted by molar-refractivity contribution is -0.139. The number of rotatable bonds is 7. The zero-order chi connectivity index (χ0) is 21.5. The second-order valence-electron chi connectivity index (χ2n) is 8.64. The maximum absolute atomic E-state index is 12.2. The number of aromatic nitrogens is 1. The van der Waals surface area contributed by atoms with Gasteiger partial charge in [0.1, 0.15) is 5.75 Å². The molecule has 0 bridgehead atoms. The molecule has 2 aromatic carbocycles. The first-order chi connectivity index (χ1) is 15.0. The number of nitrogens with zero attached hydrogens (tertiary/aromatic N) is 1. The minimum atomic E-state index is -1.04. The Hall–Kier alpha value is -3.28. The van der Waals surface area contributed by atoms with E-state index in [0.717, 1.165) is 28.6 Å². The van der Waals surface area contributed by atoms with Gasteiger partial charge in [-0.2, -0.15) is 0 Å². The first-order valence-electron chi connectivity index (χ1n) is 10.9. The second-order valence-corrected chi connectivity index (χ2v) is 8.64. The number of ether oxygens (including phenoxy) is 1. The lowest BCUT2D eigenvalue weighted by Gasteiger charge is -2.25. The number of primary amides is 1. The van der Waals surface area contributed by atoms with Crippen molar-refractivity contribution in [1.82, 2.24) is 4.57 Å². The summed E-state index contributed by atoms with van der Waals surface area (Å²) in [6.07, 6.45) is 5.31. The normalized spacial score (nSPS) is 18.0. The van der Waals surface area contributed by atoms with E-state index < -0.39 is 12.6 Å². The molecule has 0 radical (unpaired) electrons. The Morgan fingerprint density at radius 1 is 1.10 bits per heavy atom. The SMILES string of the molecule is NC(=O)C1CCc2c1c1c(OCC(=O)O)cccc1n2Cc1ccc(C2CCC2)cc1. The molecule has 1 aromatic heterocycles. The fraction of sp³-hybridized carbons (Fsp3) is 0.360. The van der Waals surface area contributed by atoms with E-state index in [4.69, 9.17) is 15.6 Å². The third-order valence-corrected chi connectivity index (χ3v) is 6.81. The number of nitrogens with two attached hydrogens (primary N) is 1. The molecule has 1 atom stereocenters. The van der Waals surface area contributed by atoms with Gasteiger partial charge >= 0.3 is 5.97 Å². The molecule has 1 fully saturated rings. The molecule has 2 aliphatic carbocycles. The molecular formula is C25H26N2O4. The van der Waals surface area contributed by atoms with E-state index in [1.165, 1.54) is 30.4 Å². The fourth-order valence-electron chi connectivity index (χ4n) is 5.06. The molecular weight excluding hydrogens is 392 g/mol. The van der Waals surface area contributed by atoms with Gasteiger partial charge in [0.05, 0.1) is 11.4 Å². The van der Waals surface area contributed by atoms with Crippen LogP contribution in [0.3, 0.4) is 0 Å². The number of aliphatic carboxylic acids is 1. The highest BCUT2D eigenvalue weighted by Gasteiger charge is 2.34. The van der Waals surface area contributed by atoms with E-state index in [9.17, 15) is 9.59 Å². The van der Waals surface area contributed by atoms with Crippen molar-refractivity contribution >= 4 is 22.8 Å². The molecule has 2 aliphatic rings. The summed E-state index contributed by atoms with van der Waals surface area (Å²) >= 11 is 0. The highest BCUT2D eigenvalue weighted by molar-refractivity contribution is 5.97. The van der Waals surface area contributed by atoms with Gasteiger partial charge in [-0.1, -0.05) is 36.8 Å². The maximum Gasteiger partial charge on any atom is 0.341 e. The van der Waals surface area contributed by atoms with Gasteiger partial charge < -0.3 is 20.1 Å². The summed E-state index contributed by atoms with van der Waals surface area (Å²) in [6.45, 7) is 0.258.